The summed E-state index contributed by atoms with van der Waals surface area (Å²) < 4.78 is 0. The van der Waals surface area contributed by atoms with E-state index < -0.39 is 0 Å². The molecule has 0 aliphatic carbocycles. The fraction of sp³-hybridized carbons (Fsp3) is 0.167. The van der Waals surface area contributed by atoms with Gasteiger partial charge in [-0.3, -0.25) is 10.1 Å². The van der Waals surface area contributed by atoms with Crippen LogP contribution < -0.4 is 10.6 Å². The van der Waals surface area contributed by atoms with Crippen molar-refractivity contribution in [3.63, 3.8) is 0 Å². The van der Waals surface area contributed by atoms with Crippen molar-refractivity contribution in [3.8, 4) is 0 Å². The first-order valence-corrected chi connectivity index (χ1v) is 11.0. The summed E-state index contributed by atoms with van der Waals surface area (Å²) in [6.07, 6.45) is 0. The molecule has 1 amide bonds. The third-order valence-corrected chi connectivity index (χ3v) is 5.98. The topological polar surface area (TPSA) is 41.1 Å². The van der Waals surface area contributed by atoms with Crippen LogP contribution >= 0.6 is 24.0 Å². The minimum atomic E-state index is -0.197. The molecule has 0 spiro atoms. The molecule has 0 aliphatic heterocycles. The van der Waals surface area contributed by atoms with Crippen molar-refractivity contribution in [2.45, 2.75) is 12.2 Å². The van der Waals surface area contributed by atoms with Crippen LogP contribution in [0.5, 0.6) is 0 Å². The number of aryl methyl sites for hydroxylation is 1. The molecule has 0 saturated carbocycles. The van der Waals surface area contributed by atoms with Crippen LogP contribution in [0.15, 0.2) is 84.9 Å². The summed E-state index contributed by atoms with van der Waals surface area (Å²) in [5.41, 5.74) is 4.41. The standard InChI is InChI=1S/C24H24N2OS2/c1-18-12-14-20(15-13-18)22(19-8-4-2-5-9-19)29-17-16-25-24(28)26-23(27)21-10-6-3-7-11-21/h2-15,22H,16-17H2,1H3,(H2,25,26,27,28). The molecular formula is C24H24N2OS2. The molecule has 1 atom stereocenters. The molecule has 0 fully saturated rings. The van der Waals surface area contributed by atoms with Gasteiger partial charge in [0.25, 0.3) is 5.91 Å². The van der Waals surface area contributed by atoms with Gasteiger partial charge in [-0.25, -0.2) is 0 Å². The van der Waals surface area contributed by atoms with Crippen molar-refractivity contribution in [2.24, 2.45) is 0 Å². The predicted molar refractivity (Wildman–Crippen MR) is 126 cm³/mol. The SMILES string of the molecule is Cc1ccc(C(SCCNC(=S)NC(=O)c2ccccc2)c2ccccc2)cc1. The summed E-state index contributed by atoms with van der Waals surface area (Å²) >= 11 is 7.11. The third-order valence-electron chi connectivity index (χ3n) is 4.42. The summed E-state index contributed by atoms with van der Waals surface area (Å²) in [4.78, 5) is 12.1. The summed E-state index contributed by atoms with van der Waals surface area (Å²) in [6, 6.07) is 28.3. The van der Waals surface area contributed by atoms with Crippen LogP contribution in [-0.4, -0.2) is 23.3 Å². The Morgan fingerprint density at radius 2 is 1.48 bits per heavy atom. The number of amides is 1. The van der Waals surface area contributed by atoms with Crippen LogP contribution in [0.25, 0.3) is 0 Å². The van der Waals surface area contributed by atoms with E-state index in [0.717, 1.165) is 5.75 Å². The largest absolute Gasteiger partial charge is 0.362 e. The number of thioether (sulfide) groups is 1. The van der Waals surface area contributed by atoms with Gasteiger partial charge in [0.15, 0.2) is 5.11 Å². The fourth-order valence-corrected chi connectivity index (χ4v) is 4.25. The normalized spacial score (nSPS) is 11.5. The summed E-state index contributed by atoms with van der Waals surface area (Å²) in [7, 11) is 0. The van der Waals surface area contributed by atoms with Gasteiger partial charge in [0.05, 0.1) is 5.25 Å². The predicted octanol–water partition coefficient (Wildman–Crippen LogP) is 5.12. The first-order valence-electron chi connectivity index (χ1n) is 9.51. The Morgan fingerprint density at radius 3 is 2.14 bits per heavy atom. The Morgan fingerprint density at radius 1 is 0.897 bits per heavy atom. The summed E-state index contributed by atoms with van der Waals surface area (Å²) in [6.45, 7) is 2.77. The Hall–Kier alpha value is -2.63. The smallest absolute Gasteiger partial charge is 0.257 e. The molecule has 2 N–H and O–H groups in total. The van der Waals surface area contributed by atoms with Crippen LogP contribution in [0.1, 0.15) is 32.3 Å². The average Bonchev–Trinajstić information content (AvgIpc) is 2.76. The van der Waals surface area contributed by atoms with E-state index >= 15 is 0 Å². The lowest BCUT2D eigenvalue weighted by atomic mass is 10.0. The Kier molecular flexibility index (Phi) is 7.85. The molecule has 29 heavy (non-hydrogen) atoms. The molecule has 0 aromatic heterocycles. The van der Waals surface area contributed by atoms with E-state index in [-0.39, 0.29) is 11.2 Å². The molecular weight excluding hydrogens is 396 g/mol. The Bertz CT molecular complexity index is 928. The Balaban J connectivity index is 1.53. The van der Waals surface area contributed by atoms with Crippen LogP contribution in [0.2, 0.25) is 0 Å². The highest BCUT2D eigenvalue weighted by Crippen LogP contribution is 2.35. The minimum absolute atomic E-state index is 0.197. The molecule has 0 radical (unpaired) electrons. The maximum absolute atomic E-state index is 12.1. The Labute approximate surface area is 181 Å². The highest BCUT2D eigenvalue weighted by molar-refractivity contribution is 7.99. The molecule has 148 valence electrons. The number of carbonyl (C=O) groups excluding carboxylic acids is 1. The molecule has 3 aromatic carbocycles. The van der Waals surface area contributed by atoms with Gasteiger partial charge in [0.1, 0.15) is 0 Å². The van der Waals surface area contributed by atoms with Gasteiger partial charge < -0.3 is 5.32 Å². The summed E-state index contributed by atoms with van der Waals surface area (Å²) in [5, 5.41) is 6.46. The maximum atomic E-state index is 12.1. The van der Waals surface area contributed by atoms with Crippen molar-refractivity contribution >= 4 is 35.0 Å². The van der Waals surface area contributed by atoms with Crippen molar-refractivity contribution < 1.29 is 4.79 Å². The third kappa shape index (κ3) is 6.44. The first kappa shape index (κ1) is 21.1. The molecule has 0 heterocycles. The lowest BCUT2D eigenvalue weighted by Crippen LogP contribution is -2.40. The van der Waals surface area contributed by atoms with Crippen molar-refractivity contribution in [1.29, 1.82) is 0 Å². The van der Waals surface area contributed by atoms with E-state index in [1.807, 2.05) is 36.0 Å². The quantitative estimate of drug-likeness (QED) is 0.411. The molecule has 0 bridgehead atoms. The van der Waals surface area contributed by atoms with Gasteiger partial charge >= 0.3 is 0 Å². The number of hydrogen-bond acceptors (Lipinski definition) is 3. The van der Waals surface area contributed by atoms with E-state index in [2.05, 4.69) is 66.1 Å². The first-order chi connectivity index (χ1) is 14.1. The average molecular weight is 421 g/mol. The molecule has 3 nitrogen and oxygen atoms in total. The number of thiocarbonyl (C=S) groups is 1. The number of carbonyl (C=O) groups is 1. The monoisotopic (exact) mass is 420 g/mol. The van der Waals surface area contributed by atoms with Gasteiger partial charge in [0.2, 0.25) is 0 Å². The van der Waals surface area contributed by atoms with Crippen LogP contribution in [0.4, 0.5) is 0 Å². The zero-order valence-electron chi connectivity index (χ0n) is 16.3. The highest BCUT2D eigenvalue weighted by atomic mass is 32.2. The van der Waals surface area contributed by atoms with Crippen LogP contribution in [0.3, 0.4) is 0 Å². The van der Waals surface area contributed by atoms with Crippen LogP contribution in [0, 0.1) is 6.92 Å². The van der Waals surface area contributed by atoms with Gasteiger partial charge in [-0.05, 0) is 42.4 Å². The molecule has 0 aliphatic rings. The number of nitrogens with one attached hydrogen (secondary N) is 2. The van der Waals surface area contributed by atoms with E-state index in [9.17, 15) is 4.79 Å². The van der Waals surface area contributed by atoms with Crippen molar-refractivity contribution in [2.75, 3.05) is 12.3 Å². The number of hydrogen-bond donors (Lipinski definition) is 2. The molecule has 0 saturated heterocycles. The zero-order chi connectivity index (χ0) is 20.5. The molecule has 5 heteroatoms. The second-order valence-electron chi connectivity index (χ2n) is 6.65. The lowest BCUT2D eigenvalue weighted by molar-refractivity contribution is 0.0976. The minimum Gasteiger partial charge on any atom is -0.362 e. The van der Waals surface area contributed by atoms with Crippen molar-refractivity contribution in [1.82, 2.24) is 10.6 Å². The van der Waals surface area contributed by atoms with E-state index in [1.54, 1.807) is 12.1 Å². The van der Waals surface area contributed by atoms with E-state index in [1.165, 1.54) is 16.7 Å². The molecule has 1 unspecified atom stereocenters. The van der Waals surface area contributed by atoms with E-state index in [0.29, 0.717) is 17.2 Å². The zero-order valence-corrected chi connectivity index (χ0v) is 17.9. The van der Waals surface area contributed by atoms with Gasteiger partial charge in [-0.15, -0.1) is 11.8 Å². The van der Waals surface area contributed by atoms with Gasteiger partial charge in [-0.2, -0.15) is 0 Å². The highest BCUT2D eigenvalue weighted by Gasteiger charge is 2.14. The second kappa shape index (κ2) is 10.8. The number of rotatable bonds is 7. The maximum Gasteiger partial charge on any atom is 0.257 e. The number of benzene rings is 3. The summed E-state index contributed by atoms with van der Waals surface area (Å²) in [5.74, 6) is 0.659. The lowest BCUT2D eigenvalue weighted by Gasteiger charge is -2.18. The fourth-order valence-electron chi connectivity index (χ4n) is 2.90. The molecule has 3 aromatic rings. The van der Waals surface area contributed by atoms with Gasteiger partial charge in [-0.1, -0.05) is 78.4 Å². The van der Waals surface area contributed by atoms with Crippen molar-refractivity contribution in [3.05, 3.63) is 107 Å². The van der Waals surface area contributed by atoms with E-state index in [4.69, 9.17) is 12.2 Å². The second-order valence-corrected chi connectivity index (χ2v) is 8.27. The molecule has 3 rings (SSSR count). The van der Waals surface area contributed by atoms with Gasteiger partial charge in [0, 0.05) is 17.9 Å². The van der Waals surface area contributed by atoms with Crippen LogP contribution in [-0.2, 0) is 0 Å².